The number of imidazole rings is 1. The molecule has 0 saturated carbocycles. The van der Waals surface area contributed by atoms with Crippen LogP contribution in [-0.4, -0.2) is 54.5 Å². The largest absolute Gasteiger partial charge is 0.394 e. The van der Waals surface area contributed by atoms with Gasteiger partial charge in [-0.05, 0) is 5.56 Å². The van der Waals surface area contributed by atoms with Crippen LogP contribution in [0.25, 0.3) is 11.2 Å². The van der Waals surface area contributed by atoms with E-state index in [4.69, 9.17) is 4.74 Å². The highest BCUT2D eigenvalue weighted by molar-refractivity contribution is 5.91. The monoisotopic (exact) mass is 385 g/mol. The number of ether oxygens (including phenoxy) is 1. The lowest BCUT2D eigenvalue weighted by Crippen LogP contribution is -2.24. The molecule has 10 heteroatoms. The number of hydrogen-bond donors (Lipinski definition) is 4. The van der Waals surface area contributed by atoms with E-state index in [1.165, 1.54) is 10.9 Å². The Labute approximate surface area is 158 Å². The molecule has 1 aromatic carbocycles. The van der Waals surface area contributed by atoms with Crippen molar-refractivity contribution in [3.63, 3.8) is 0 Å². The highest BCUT2D eigenvalue weighted by Crippen LogP contribution is 2.30. The molecule has 3 atom stereocenters. The standard InChI is InChI=1S/C18H19N5O5/c24-8-12-11(25)7-14(28-12)23-9-19-15-16(23)21-18(22-17(15)27)20-13(26)6-10-4-2-1-3-5-10/h1-5,9,11-12,14,24-25H,6-8H2,(H2,20,21,22,26,27). The summed E-state index contributed by atoms with van der Waals surface area (Å²) in [5.41, 5.74) is 0.633. The Morgan fingerprint density at radius 1 is 1.36 bits per heavy atom. The van der Waals surface area contributed by atoms with Gasteiger partial charge in [0, 0.05) is 6.42 Å². The number of hydrogen-bond acceptors (Lipinski definition) is 7. The van der Waals surface area contributed by atoms with E-state index >= 15 is 0 Å². The Morgan fingerprint density at radius 2 is 2.14 bits per heavy atom. The first-order chi connectivity index (χ1) is 13.5. The number of aromatic nitrogens is 4. The molecule has 0 radical (unpaired) electrons. The summed E-state index contributed by atoms with van der Waals surface area (Å²) < 4.78 is 7.11. The Bertz CT molecular complexity index is 1050. The molecule has 146 valence electrons. The first-order valence-corrected chi connectivity index (χ1v) is 8.80. The van der Waals surface area contributed by atoms with Crippen molar-refractivity contribution < 1.29 is 19.7 Å². The molecule has 10 nitrogen and oxygen atoms in total. The zero-order chi connectivity index (χ0) is 19.7. The number of fused-ring (bicyclic) bond motifs is 1. The molecule has 0 aliphatic carbocycles. The molecule has 3 heterocycles. The number of aromatic amines is 1. The van der Waals surface area contributed by atoms with Crippen LogP contribution in [0.4, 0.5) is 5.95 Å². The van der Waals surface area contributed by atoms with E-state index in [0.717, 1.165) is 5.56 Å². The van der Waals surface area contributed by atoms with Crippen molar-refractivity contribution in [3.8, 4) is 0 Å². The molecule has 4 N–H and O–H groups in total. The maximum atomic E-state index is 12.3. The van der Waals surface area contributed by atoms with Crippen LogP contribution in [0.3, 0.4) is 0 Å². The molecule has 1 aliphatic heterocycles. The third-order valence-corrected chi connectivity index (χ3v) is 4.59. The van der Waals surface area contributed by atoms with E-state index in [-0.39, 0.29) is 42.5 Å². The van der Waals surface area contributed by atoms with E-state index in [1.54, 1.807) is 0 Å². The molecule has 0 bridgehead atoms. The van der Waals surface area contributed by atoms with Crippen LogP contribution < -0.4 is 10.9 Å². The molecule has 1 fully saturated rings. The fourth-order valence-electron chi connectivity index (χ4n) is 3.20. The Balaban J connectivity index is 1.59. The number of carbonyl (C=O) groups excluding carboxylic acids is 1. The minimum atomic E-state index is -0.834. The van der Waals surface area contributed by atoms with Gasteiger partial charge in [-0.3, -0.25) is 24.5 Å². The Morgan fingerprint density at radius 3 is 2.86 bits per heavy atom. The van der Waals surface area contributed by atoms with E-state index in [9.17, 15) is 19.8 Å². The van der Waals surface area contributed by atoms with Gasteiger partial charge in [-0.2, -0.15) is 4.98 Å². The van der Waals surface area contributed by atoms with Crippen LogP contribution in [0.15, 0.2) is 41.5 Å². The molecular formula is C18H19N5O5. The Hall–Kier alpha value is -3.08. The fourth-order valence-corrected chi connectivity index (χ4v) is 3.20. The maximum Gasteiger partial charge on any atom is 0.280 e. The number of aliphatic hydroxyl groups excluding tert-OH is 2. The average molecular weight is 385 g/mol. The highest BCUT2D eigenvalue weighted by atomic mass is 16.5. The lowest BCUT2D eigenvalue weighted by molar-refractivity contribution is -0.115. The minimum Gasteiger partial charge on any atom is -0.394 e. The molecule has 1 saturated heterocycles. The van der Waals surface area contributed by atoms with Gasteiger partial charge >= 0.3 is 0 Å². The molecule has 0 spiro atoms. The zero-order valence-corrected chi connectivity index (χ0v) is 14.8. The number of amides is 1. The van der Waals surface area contributed by atoms with Gasteiger partial charge in [0.2, 0.25) is 11.9 Å². The third kappa shape index (κ3) is 3.52. The number of nitrogens with one attached hydrogen (secondary N) is 2. The van der Waals surface area contributed by atoms with Crippen molar-refractivity contribution >= 4 is 23.0 Å². The number of H-pyrrole nitrogens is 1. The quantitative estimate of drug-likeness (QED) is 0.482. The van der Waals surface area contributed by atoms with Gasteiger partial charge in [0.25, 0.3) is 5.56 Å². The van der Waals surface area contributed by atoms with Crippen LogP contribution in [0.5, 0.6) is 0 Å². The molecule has 1 amide bonds. The van der Waals surface area contributed by atoms with Gasteiger partial charge in [-0.1, -0.05) is 30.3 Å². The summed E-state index contributed by atoms with van der Waals surface area (Å²) >= 11 is 0. The van der Waals surface area contributed by atoms with Gasteiger partial charge in [-0.25, -0.2) is 4.98 Å². The van der Waals surface area contributed by atoms with Gasteiger partial charge < -0.3 is 14.9 Å². The summed E-state index contributed by atoms with van der Waals surface area (Å²) in [5.74, 6) is -0.329. The highest BCUT2D eigenvalue weighted by Gasteiger charge is 2.35. The lowest BCUT2D eigenvalue weighted by atomic mass is 10.1. The molecule has 28 heavy (non-hydrogen) atoms. The van der Waals surface area contributed by atoms with Gasteiger partial charge in [0.05, 0.1) is 25.5 Å². The van der Waals surface area contributed by atoms with Crippen LogP contribution in [0, 0.1) is 0 Å². The first-order valence-electron chi connectivity index (χ1n) is 8.80. The molecule has 3 aromatic rings. The summed E-state index contributed by atoms with van der Waals surface area (Å²) in [4.78, 5) is 35.4. The topological polar surface area (TPSA) is 142 Å². The summed E-state index contributed by atoms with van der Waals surface area (Å²) in [6, 6.07) is 9.19. The molecule has 1 aliphatic rings. The van der Waals surface area contributed by atoms with Gasteiger partial charge in [-0.15, -0.1) is 0 Å². The predicted octanol–water partition coefficient (Wildman–Crippen LogP) is -0.0585. The minimum absolute atomic E-state index is 0.00238. The van der Waals surface area contributed by atoms with Gasteiger partial charge in [0.15, 0.2) is 11.2 Å². The van der Waals surface area contributed by atoms with E-state index in [1.807, 2.05) is 30.3 Å². The normalized spacial score (nSPS) is 21.9. The summed E-state index contributed by atoms with van der Waals surface area (Å²) in [6.07, 6.45) is -0.424. The second-order valence-corrected chi connectivity index (χ2v) is 6.56. The van der Waals surface area contributed by atoms with E-state index in [2.05, 4.69) is 20.3 Å². The number of aliphatic hydroxyl groups is 2. The first kappa shape index (κ1) is 18.3. The number of anilines is 1. The van der Waals surface area contributed by atoms with Crippen molar-refractivity contribution in [3.05, 3.63) is 52.6 Å². The van der Waals surface area contributed by atoms with Crippen LogP contribution in [0.2, 0.25) is 0 Å². The number of carbonyl (C=O) groups is 1. The third-order valence-electron chi connectivity index (χ3n) is 4.59. The smallest absolute Gasteiger partial charge is 0.280 e. The van der Waals surface area contributed by atoms with Crippen molar-refractivity contribution in [2.24, 2.45) is 0 Å². The summed E-state index contributed by atoms with van der Waals surface area (Å²) in [5, 5.41) is 21.8. The van der Waals surface area contributed by atoms with Crippen molar-refractivity contribution in [1.82, 2.24) is 19.5 Å². The van der Waals surface area contributed by atoms with E-state index in [0.29, 0.717) is 0 Å². The Kier molecular flexibility index (Phi) is 4.90. The predicted molar refractivity (Wildman–Crippen MR) is 98.5 cm³/mol. The molecule has 3 unspecified atom stereocenters. The molecular weight excluding hydrogens is 366 g/mol. The number of nitrogens with zero attached hydrogens (tertiary/aromatic N) is 3. The van der Waals surface area contributed by atoms with Gasteiger partial charge in [0.1, 0.15) is 12.3 Å². The summed E-state index contributed by atoms with van der Waals surface area (Å²) in [6.45, 7) is -0.320. The summed E-state index contributed by atoms with van der Waals surface area (Å²) in [7, 11) is 0. The van der Waals surface area contributed by atoms with Crippen LogP contribution >= 0.6 is 0 Å². The van der Waals surface area contributed by atoms with E-state index < -0.39 is 24.0 Å². The van der Waals surface area contributed by atoms with Crippen molar-refractivity contribution in [2.75, 3.05) is 11.9 Å². The second kappa shape index (κ2) is 7.50. The lowest BCUT2D eigenvalue weighted by Gasteiger charge is -2.13. The van der Waals surface area contributed by atoms with Crippen LogP contribution in [-0.2, 0) is 16.0 Å². The molecule has 2 aromatic heterocycles. The van der Waals surface area contributed by atoms with Crippen molar-refractivity contribution in [2.45, 2.75) is 31.3 Å². The average Bonchev–Trinajstić information content (AvgIpc) is 3.25. The maximum absolute atomic E-state index is 12.3. The van der Waals surface area contributed by atoms with Crippen molar-refractivity contribution in [1.29, 1.82) is 0 Å². The zero-order valence-electron chi connectivity index (χ0n) is 14.8. The SMILES string of the molecule is O=C(Cc1ccccc1)Nc1nc2c(ncn2C2CC(O)C(CO)O2)c(=O)[nH]1. The van der Waals surface area contributed by atoms with Crippen LogP contribution in [0.1, 0.15) is 18.2 Å². The fraction of sp³-hybridized carbons (Fsp3) is 0.333. The number of benzene rings is 1. The number of rotatable bonds is 5. The molecule has 4 rings (SSSR count). The second-order valence-electron chi connectivity index (χ2n) is 6.56.